The molecule has 1 aromatic carbocycles. The molecule has 0 unspecified atom stereocenters. The Morgan fingerprint density at radius 2 is 1.93 bits per heavy atom. The van der Waals surface area contributed by atoms with Gasteiger partial charge in [-0.25, -0.2) is 4.79 Å². The first-order valence-electron chi connectivity index (χ1n) is 8.73. The zero-order chi connectivity index (χ0) is 20.7. The summed E-state index contributed by atoms with van der Waals surface area (Å²) in [7, 11) is -0.701. The SMILES string of the molecule is CCOC(=O)c1c(-c2ccc(OCCN=S(=O)=O)cc2)c(C#N)c(CC)n1C. The lowest BCUT2D eigenvalue weighted by Gasteiger charge is -2.09. The van der Waals surface area contributed by atoms with Gasteiger partial charge in [-0.2, -0.15) is 18.0 Å². The fourth-order valence-electron chi connectivity index (χ4n) is 2.98. The first kappa shape index (κ1) is 21.2. The summed E-state index contributed by atoms with van der Waals surface area (Å²) in [6.45, 7) is 4.04. The molecule has 0 fully saturated rings. The number of rotatable bonds is 8. The first-order chi connectivity index (χ1) is 13.4. The maximum atomic E-state index is 12.5. The average Bonchev–Trinajstić information content (AvgIpc) is 2.97. The van der Waals surface area contributed by atoms with E-state index in [4.69, 9.17) is 9.47 Å². The Hall–Kier alpha value is -3.12. The minimum absolute atomic E-state index is 0.0298. The minimum Gasteiger partial charge on any atom is -0.492 e. The fraction of sp³-hybridized carbons (Fsp3) is 0.368. The molecule has 0 aliphatic carbocycles. The van der Waals surface area contributed by atoms with Crippen LogP contribution in [0.25, 0.3) is 11.1 Å². The summed E-state index contributed by atoms with van der Waals surface area (Å²) in [5.41, 5.74) is 2.75. The van der Waals surface area contributed by atoms with E-state index in [1.165, 1.54) is 0 Å². The second kappa shape index (κ2) is 9.71. The van der Waals surface area contributed by atoms with E-state index >= 15 is 0 Å². The van der Waals surface area contributed by atoms with E-state index in [2.05, 4.69) is 10.4 Å². The molecule has 0 amide bonds. The van der Waals surface area contributed by atoms with Crippen LogP contribution in [0.2, 0.25) is 0 Å². The maximum Gasteiger partial charge on any atom is 0.355 e. The zero-order valence-corrected chi connectivity index (χ0v) is 16.7. The third kappa shape index (κ3) is 4.58. The molecule has 0 bridgehead atoms. The van der Waals surface area contributed by atoms with Crippen LogP contribution in [0.4, 0.5) is 0 Å². The molecule has 2 aromatic rings. The standard InChI is InChI=1S/C19H21N3O5S/c1-4-16-15(12-20)17(18(22(16)3)19(23)26-5-2)13-6-8-14(9-7-13)27-11-10-21-28(24)25/h6-9H,4-5,10-11H2,1-3H3. The number of nitrogens with zero attached hydrogens (tertiary/aromatic N) is 3. The third-order valence-corrected chi connectivity index (χ3v) is 4.52. The molecule has 0 N–H and O–H groups in total. The highest BCUT2D eigenvalue weighted by Gasteiger charge is 2.26. The number of carbonyl (C=O) groups excluding carboxylic acids is 1. The lowest BCUT2D eigenvalue weighted by Crippen LogP contribution is -2.12. The summed E-state index contributed by atoms with van der Waals surface area (Å²) >= 11 is 0. The van der Waals surface area contributed by atoms with Gasteiger partial charge < -0.3 is 14.0 Å². The molecule has 1 heterocycles. The minimum atomic E-state index is -2.45. The Morgan fingerprint density at radius 1 is 1.25 bits per heavy atom. The lowest BCUT2D eigenvalue weighted by molar-refractivity contribution is 0.0516. The van der Waals surface area contributed by atoms with Gasteiger partial charge in [0.2, 0.25) is 0 Å². The molecule has 1 aromatic heterocycles. The topological polar surface area (TPSA) is 111 Å². The number of aromatic nitrogens is 1. The van der Waals surface area contributed by atoms with Gasteiger partial charge >= 0.3 is 16.5 Å². The Labute approximate surface area is 165 Å². The van der Waals surface area contributed by atoms with Crippen molar-refractivity contribution >= 4 is 16.5 Å². The molecular weight excluding hydrogens is 382 g/mol. The molecule has 9 heteroatoms. The van der Waals surface area contributed by atoms with Gasteiger partial charge in [-0.05, 0) is 31.0 Å². The highest BCUT2D eigenvalue weighted by molar-refractivity contribution is 7.61. The smallest absolute Gasteiger partial charge is 0.355 e. The van der Waals surface area contributed by atoms with Crippen LogP contribution in [-0.2, 0) is 28.7 Å². The van der Waals surface area contributed by atoms with Crippen LogP contribution in [0.1, 0.15) is 35.6 Å². The summed E-state index contributed by atoms with van der Waals surface area (Å²) in [5.74, 6) is 0.0437. The summed E-state index contributed by atoms with van der Waals surface area (Å²) in [6, 6.07) is 9.09. The van der Waals surface area contributed by atoms with Crippen molar-refractivity contribution in [1.82, 2.24) is 4.57 Å². The van der Waals surface area contributed by atoms with Crippen LogP contribution >= 0.6 is 0 Å². The van der Waals surface area contributed by atoms with Gasteiger partial charge in [-0.1, -0.05) is 19.1 Å². The van der Waals surface area contributed by atoms with Gasteiger partial charge in [0, 0.05) is 18.3 Å². The number of esters is 1. The average molecular weight is 403 g/mol. The second-order valence-corrected chi connectivity index (χ2v) is 6.43. The highest BCUT2D eigenvalue weighted by atomic mass is 32.2. The van der Waals surface area contributed by atoms with Crippen LogP contribution in [0.15, 0.2) is 28.6 Å². The summed E-state index contributed by atoms with van der Waals surface area (Å²) < 4.78 is 36.4. The first-order valence-corrected chi connectivity index (χ1v) is 9.76. The van der Waals surface area contributed by atoms with Crippen molar-refractivity contribution in [2.75, 3.05) is 19.8 Å². The number of nitriles is 1. The predicted molar refractivity (Wildman–Crippen MR) is 103 cm³/mol. The largest absolute Gasteiger partial charge is 0.492 e. The lowest BCUT2D eigenvalue weighted by atomic mass is 10.00. The monoisotopic (exact) mass is 403 g/mol. The van der Waals surface area contributed by atoms with Crippen LogP contribution in [-0.4, -0.2) is 38.7 Å². The summed E-state index contributed by atoms with van der Waals surface area (Å²) in [4.78, 5) is 12.5. The van der Waals surface area contributed by atoms with E-state index in [1.807, 2.05) is 6.92 Å². The molecule has 28 heavy (non-hydrogen) atoms. The molecule has 0 aliphatic heterocycles. The van der Waals surface area contributed by atoms with Crippen molar-refractivity contribution in [3.05, 3.63) is 41.2 Å². The Kier molecular flexibility index (Phi) is 7.35. The van der Waals surface area contributed by atoms with Gasteiger partial charge in [-0.3, -0.25) is 0 Å². The second-order valence-electron chi connectivity index (χ2n) is 5.73. The van der Waals surface area contributed by atoms with E-state index in [0.29, 0.717) is 34.6 Å². The maximum absolute atomic E-state index is 12.5. The summed E-state index contributed by atoms with van der Waals surface area (Å²) in [5, 5.41) is 9.68. The number of hydrogen-bond donors (Lipinski definition) is 0. The highest BCUT2D eigenvalue weighted by Crippen LogP contribution is 2.34. The molecule has 8 nitrogen and oxygen atoms in total. The Balaban J connectivity index is 2.42. The van der Waals surface area contributed by atoms with E-state index in [0.717, 1.165) is 5.69 Å². The van der Waals surface area contributed by atoms with E-state index in [-0.39, 0.29) is 19.8 Å². The van der Waals surface area contributed by atoms with E-state index in [9.17, 15) is 18.5 Å². The van der Waals surface area contributed by atoms with Crippen molar-refractivity contribution in [1.29, 1.82) is 5.26 Å². The number of carbonyl (C=O) groups is 1. The fourth-order valence-corrected chi connectivity index (χ4v) is 3.20. The number of benzene rings is 1. The molecule has 0 saturated carbocycles. The van der Waals surface area contributed by atoms with Crippen molar-refractivity contribution in [2.45, 2.75) is 20.3 Å². The summed E-state index contributed by atoms with van der Waals surface area (Å²) in [6.07, 6.45) is 0.595. The van der Waals surface area contributed by atoms with Crippen molar-refractivity contribution < 1.29 is 22.7 Å². The Morgan fingerprint density at radius 3 is 2.46 bits per heavy atom. The van der Waals surface area contributed by atoms with Gasteiger partial charge in [0.25, 0.3) is 0 Å². The van der Waals surface area contributed by atoms with Gasteiger partial charge in [0.1, 0.15) is 24.1 Å². The van der Waals surface area contributed by atoms with Crippen molar-refractivity contribution in [3.63, 3.8) is 0 Å². The van der Waals surface area contributed by atoms with Crippen molar-refractivity contribution in [2.24, 2.45) is 11.4 Å². The Bertz CT molecular complexity index is 1020. The quantitative estimate of drug-likeness (QED) is 0.495. The predicted octanol–water partition coefficient (Wildman–Crippen LogP) is 2.74. The molecule has 0 saturated heterocycles. The molecule has 0 aliphatic rings. The van der Waals surface area contributed by atoms with Crippen LogP contribution in [0.3, 0.4) is 0 Å². The van der Waals surface area contributed by atoms with Crippen LogP contribution < -0.4 is 4.74 Å². The molecule has 0 atom stereocenters. The van der Waals surface area contributed by atoms with Crippen LogP contribution in [0.5, 0.6) is 5.75 Å². The number of hydrogen-bond acceptors (Lipinski definition) is 7. The molecule has 148 valence electrons. The molecule has 2 rings (SSSR count). The van der Waals surface area contributed by atoms with Gasteiger partial charge in [-0.15, -0.1) is 0 Å². The van der Waals surface area contributed by atoms with Gasteiger partial charge in [0.05, 0.1) is 18.7 Å². The number of ether oxygens (including phenoxy) is 2. The van der Waals surface area contributed by atoms with Gasteiger partial charge in [0.15, 0.2) is 0 Å². The van der Waals surface area contributed by atoms with E-state index in [1.54, 1.807) is 42.8 Å². The molecule has 0 spiro atoms. The van der Waals surface area contributed by atoms with E-state index < -0.39 is 16.5 Å². The normalized spacial score (nSPS) is 10.2. The molecular formula is C19H21N3O5S. The third-order valence-electron chi connectivity index (χ3n) is 4.13. The van der Waals surface area contributed by atoms with Crippen molar-refractivity contribution in [3.8, 4) is 22.9 Å². The van der Waals surface area contributed by atoms with Crippen LogP contribution in [0, 0.1) is 11.3 Å². The molecule has 0 radical (unpaired) electrons. The zero-order valence-electron chi connectivity index (χ0n) is 15.9.